The van der Waals surface area contributed by atoms with Crippen LogP contribution in [0, 0.1) is 0 Å². The lowest BCUT2D eigenvalue weighted by molar-refractivity contribution is -0.274. The Hall–Kier alpha value is -2.45. The third-order valence-corrected chi connectivity index (χ3v) is 3.14. The van der Waals surface area contributed by atoms with E-state index < -0.39 is 6.36 Å². The maximum atomic E-state index is 12.1. The summed E-state index contributed by atoms with van der Waals surface area (Å²) in [5.74, 6) is 0.555. The second-order valence-electron chi connectivity index (χ2n) is 4.77. The minimum atomic E-state index is -4.72. The van der Waals surface area contributed by atoms with Gasteiger partial charge in [-0.15, -0.1) is 18.4 Å². The van der Waals surface area contributed by atoms with Crippen LogP contribution in [0.3, 0.4) is 0 Å². The Bertz CT molecular complexity index is 688. The number of hydrogen-bond donors (Lipinski definition) is 1. The van der Waals surface area contributed by atoms with Gasteiger partial charge in [0.2, 0.25) is 0 Å². The number of nitrogens with zero attached hydrogens (tertiary/aromatic N) is 1. The number of rotatable bonds is 3. The largest absolute Gasteiger partial charge is 0.573 e. The number of ether oxygens (including phenoxy) is 2. The van der Waals surface area contributed by atoms with Gasteiger partial charge >= 0.3 is 6.36 Å². The van der Waals surface area contributed by atoms with E-state index in [1.165, 1.54) is 24.3 Å². The van der Waals surface area contributed by atoms with Gasteiger partial charge in [0.25, 0.3) is 0 Å². The number of alkyl halides is 3. The first-order valence-electron chi connectivity index (χ1n) is 6.69. The number of halogens is 3. The zero-order valence-electron chi connectivity index (χ0n) is 11.7. The lowest BCUT2D eigenvalue weighted by Crippen LogP contribution is -2.26. The van der Waals surface area contributed by atoms with Crippen molar-refractivity contribution in [3.8, 4) is 17.2 Å². The molecule has 0 saturated heterocycles. The van der Waals surface area contributed by atoms with Gasteiger partial charge in [0, 0.05) is 6.42 Å². The molecule has 2 aromatic rings. The molecule has 0 radical (unpaired) electrons. The molecule has 5 nitrogen and oxygen atoms in total. The van der Waals surface area contributed by atoms with Crippen LogP contribution in [0.1, 0.15) is 5.56 Å². The zero-order valence-corrected chi connectivity index (χ0v) is 11.7. The maximum Gasteiger partial charge on any atom is 0.573 e. The SMILES string of the molecule is ON1OCCc2cc(Oc3ccc(OC(F)(F)F)cc3)ccc21. The highest BCUT2D eigenvalue weighted by Gasteiger charge is 2.31. The summed E-state index contributed by atoms with van der Waals surface area (Å²) in [6.45, 7) is 0.344. The fourth-order valence-corrected chi connectivity index (χ4v) is 2.17. The second kappa shape index (κ2) is 5.98. The van der Waals surface area contributed by atoms with Crippen molar-refractivity contribution in [2.75, 3.05) is 11.8 Å². The van der Waals surface area contributed by atoms with E-state index in [-0.39, 0.29) is 5.75 Å². The van der Waals surface area contributed by atoms with Crippen molar-refractivity contribution in [2.45, 2.75) is 12.8 Å². The first kappa shape index (κ1) is 15.4. The average Bonchev–Trinajstić information content (AvgIpc) is 2.48. The molecule has 0 bridgehead atoms. The highest BCUT2D eigenvalue weighted by atomic mass is 19.4. The lowest BCUT2D eigenvalue weighted by Gasteiger charge is -2.24. The fourth-order valence-electron chi connectivity index (χ4n) is 2.17. The van der Waals surface area contributed by atoms with Gasteiger partial charge in [0.05, 0.1) is 12.3 Å². The van der Waals surface area contributed by atoms with Crippen molar-refractivity contribution < 1.29 is 32.7 Å². The molecule has 8 heteroatoms. The van der Waals surface area contributed by atoms with E-state index in [9.17, 15) is 18.4 Å². The maximum absolute atomic E-state index is 12.1. The van der Waals surface area contributed by atoms with Gasteiger partial charge < -0.3 is 9.47 Å². The third-order valence-electron chi connectivity index (χ3n) is 3.14. The van der Waals surface area contributed by atoms with E-state index in [2.05, 4.69) is 4.74 Å². The molecule has 0 aromatic heterocycles. The minimum absolute atomic E-state index is 0.316. The summed E-state index contributed by atoms with van der Waals surface area (Å²) < 4.78 is 45.7. The van der Waals surface area contributed by atoms with E-state index in [1.807, 2.05) is 0 Å². The predicted molar refractivity (Wildman–Crippen MR) is 73.6 cm³/mol. The van der Waals surface area contributed by atoms with Crippen molar-refractivity contribution in [3.63, 3.8) is 0 Å². The molecule has 0 spiro atoms. The molecule has 0 unspecified atom stereocenters. The van der Waals surface area contributed by atoms with Crippen LogP contribution in [-0.4, -0.2) is 18.2 Å². The second-order valence-corrected chi connectivity index (χ2v) is 4.77. The topological polar surface area (TPSA) is 51.2 Å². The standard InChI is InChI=1S/C15H12F3NO4/c16-15(17,18)23-12-3-1-11(2-4-12)22-13-5-6-14-10(9-13)7-8-21-19(14)20/h1-6,9,20H,7-8H2. The normalized spacial score (nSPS) is 14.3. The molecule has 1 aliphatic rings. The molecule has 1 heterocycles. The predicted octanol–water partition coefficient (Wildman–Crippen LogP) is 4.06. The van der Waals surface area contributed by atoms with Gasteiger partial charge in [0.15, 0.2) is 0 Å². The van der Waals surface area contributed by atoms with E-state index in [0.717, 1.165) is 5.56 Å². The molecule has 3 rings (SSSR count). The van der Waals surface area contributed by atoms with E-state index in [1.54, 1.807) is 18.2 Å². The van der Waals surface area contributed by atoms with Gasteiger partial charge in [-0.2, -0.15) is 0 Å². The van der Waals surface area contributed by atoms with Gasteiger partial charge in [-0.1, -0.05) is 0 Å². The van der Waals surface area contributed by atoms with Gasteiger partial charge in [0.1, 0.15) is 17.2 Å². The van der Waals surface area contributed by atoms with Crippen LogP contribution in [0.15, 0.2) is 42.5 Å². The van der Waals surface area contributed by atoms with Crippen LogP contribution < -0.4 is 14.7 Å². The summed E-state index contributed by atoms with van der Waals surface area (Å²) in [7, 11) is 0. The van der Waals surface area contributed by atoms with Gasteiger partial charge in [-0.25, -0.2) is 4.84 Å². The van der Waals surface area contributed by atoms with Crippen molar-refractivity contribution in [3.05, 3.63) is 48.0 Å². The first-order valence-corrected chi connectivity index (χ1v) is 6.69. The molecule has 122 valence electrons. The monoisotopic (exact) mass is 327 g/mol. The van der Waals surface area contributed by atoms with Crippen LogP contribution in [0.4, 0.5) is 18.9 Å². The minimum Gasteiger partial charge on any atom is -0.457 e. The van der Waals surface area contributed by atoms with Crippen LogP contribution in [0.5, 0.6) is 17.2 Å². The molecule has 23 heavy (non-hydrogen) atoms. The quantitative estimate of drug-likeness (QED) is 0.921. The molecule has 2 aromatic carbocycles. The van der Waals surface area contributed by atoms with Crippen molar-refractivity contribution in [1.29, 1.82) is 0 Å². The highest BCUT2D eigenvalue weighted by Crippen LogP contribution is 2.32. The Balaban J connectivity index is 1.72. The number of hydrogen-bond acceptors (Lipinski definition) is 5. The highest BCUT2D eigenvalue weighted by molar-refractivity contribution is 5.54. The average molecular weight is 327 g/mol. The Labute approximate surface area is 129 Å². The molecule has 0 saturated carbocycles. The molecule has 0 amide bonds. The molecular formula is C15H12F3NO4. The number of anilines is 1. The Morgan fingerprint density at radius 2 is 1.65 bits per heavy atom. The molecule has 1 aliphatic heterocycles. The van der Waals surface area contributed by atoms with Crippen LogP contribution >= 0.6 is 0 Å². The number of benzene rings is 2. The summed E-state index contributed by atoms with van der Waals surface area (Å²) in [6, 6.07) is 10.1. The molecule has 0 aliphatic carbocycles. The van der Waals surface area contributed by atoms with E-state index >= 15 is 0 Å². The summed E-state index contributed by atoms with van der Waals surface area (Å²) >= 11 is 0. The Morgan fingerprint density at radius 1 is 1.00 bits per heavy atom. The van der Waals surface area contributed by atoms with Crippen LogP contribution in [-0.2, 0) is 11.3 Å². The lowest BCUT2D eigenvalue weighted by atomic mass is 10.1. The molecule has 0 atom stereocenters. The third kappa shape index (κ3) is 3.85. The Kier molecular flexibility index (Phi) is 4.01. The summed E-state index contributed by atoms with van der Waals surface area (Å²) in [4.78, 5) is 4.96. The van der Waals surface area contributed by atoms with Crippen LogP contribution in [0.25, 0.3) is 0 Å². The van der Waals surface area contributed by atoms with Gasteiger partial charge in [-0.05, 0) is 48.0 Å². The summed E-state index contributed by atoms with van der Waals surface area (Å²) in [5, 5.41) is 10.2. The van der Waals surface area contributed by atoms with Crippen molar-refractivity contribution >= 4 is 5.69 Å². The van der Waals surface area contributed by atoms with Crippen molar-refractivity contribution in [2.24, 2.45) is 0 Å². The zero-order chi connectivity index (χ0) is 16.4. The smallest absolute Gasteiger partial charge is 0.457 e. The van der Waals surface area contributed by atoms with Crippen molar-refractivity contribution in [1.82, 2.24) is 0 Å². The molecular weight excluding hydrogens is 315 g/mol. The molecule has 1 N–H and O–H groups in total. The van der Waals surface area contributed by atoms with E-state index in [0.29, 0.717) is 35.4 Å². The summed E-state index contributed by atoms with van der Waals surface area (Å²) in [6.07, 6.45) is -4.11. The summed E-state index contributed by atoms with van der Waals surface area (Å²) in [5.41, 5.74) is 1.37. The fraction of sp³-hybridized carbons (Fsp3) is 0.200. The number of fused-ring (bicyclic) bond motifs is 1. The van der Waals surface area contributed by atoms with Crippen LogP contribution in [0.2, 0.25) is 0 Å². The van der Waals surface area contributed by atoms with E-state index in [4.69, 9.17) is 9.57 Å². The Morgan fingerprint density at radius 3 is 2.35 bits per heavy atom. The first-order chi connectivity index (χ1) is 10.9. The van der Waals surface area contributed by atoms with Gasteiger partial charge in [-0.3, -0.25) is 5.21 Å². The molecule has 0 fully saturated rings.